The molecule has 3 nitrogen and oxygen atoms in total. The predicted octanol–water partition coefficient (Wildman–Crippen LogP) is 3.01. The quantitative estimate of drug-likeness (QED) is 0.890. The summed E-state index contributed by atoms with van der Waals surface area (Å²) in [5, 5.41) is 3.53. The number of benzene rings is 1. The van der Waals surface area contributed by atoms with E-state index < -0.39 is 0 Å². The van der Waals surface area contributed by atoms with E-state index in [9.17, 15) is 0 Å². The summed E-state index contributed by atoms with van der Waals surface area (Å²) in [4.78, 5) is 4.06. The molecule has 0 radical (unpaired) electrons. The van der Waals surface area contributed by atoms with Gasteiger partial charge in [0.15, 0.2) is 0 Å². The zero-order valence-corrected chi connectivity index (χ0v) is 11.1. The number of rotatable bonds is 5. The van der Waals surface area contributed by atoms with Gasteiger partial charge in [-0.2, -0.15) is 0 Å². The number of pyridine rings is 1. The summed E-state index contributed by atoms with van der Waals surface area (Å²) in [5.74, 6) is 0.950. The van der Waals surface area contributed by atoms with Gasteiger partial charge in [0.2, 0.25) is 0 Å². The summed E-state index contributed by atoms with van der Waals surface area (Å²) in [7, 11) is 1.72. The van der Waals surface area contributed by atoms with Gasteiger partial charge in [0.25, 0.3) is 0 Å². The Hall–Kier alpha value is -1.87. The Morgan fingerprint density at radius 2 is 1.95 bits per heavy atom. The molecule has 1 aliphatic carbocycles. The Kier molecular flexibility index (Phi) is 3.47. The highest BCUT2D eigenvalue weighted by molar-refractivity contribution is 5.65. The zero-order valence-electron chi connectivity index (χ0n) is 11.1. The number of nitrogens with one attached hydrogen (secondary N) is 1. The third-order valence-electron chi connectivity index (χ3n) is 3.45. The summed E-state index contributed by atoms with van der Waals surface area (Å²) in [6.45, 7) is 0.868. The summed E-state index contributed by atoms with van der Waals surface area (Å²) >= 11 is 0. The van der Waals surface area contributed by atoms with Crippen LogP contribution in [0.1, 0.15) is 18.4 Å². The van der Waals surface area contributed by atoms with Crippen molar-refractivity contribution in [1.82, 2.24) is 10.3 Å². The van der Waals surface area contributed by atoms with Gasteiger partial charge < -0.3 is 10.1 Å². The van der Waals surface area contributed by atoms with E-state index in [4.69, 9.17) is 4.74 Å². The average Bonchev–Trinajstić information content (AvgIpc) is 3.30. The van der Waals surface area contributed by atoms with E-state index >= 15 is 0 Å². The third-order valence-corrected chi connectivity index (χ3v) is 3.45. The highest BCUT2D eigenvalue weighted by atomic mass is 16.5. The fraction of sp³-hybridized carbons (Fsp3) is 0.312. The second kappa shape index (κ2) is 5.41. The fourth-order valence-electron chi connectivity index (χ4n) is 2.18. The molecule has 0 spiro atoms. The first-order valence-corrected chi connectivity index (χ1v) is 6.67. The van der Waals surface area contributed by atoms with Gasteiger partial charge in [0.1, 0.15) is 5.75 Å². The molecule has 2 aromatic rings. The summed E-state index contributed by atoms with van der Waals surface area (Å²) in [5.41, 5.74) is 3.60. The van der Waals surface area contributed by atoms with Crippen molar-refractivity contribution in [2.75, 3.05) is 7.11 Å². The third kappa shape index (κ3) is 2.93. The van der Waals surface area contributed by atoms with Crippen LogP contribution in [-0.4, -0.2) is 18.1 Å². The largest absolute Gasteiger partial charge is 0.496 e. The molecule has 0 aliphatic heterocycles. The maximum atomic E-state index is 5.44. The number of ether oxygens (including phenoxy) is 1. The van der Waals surface area contributed by atoms with Gasteiger partial charge in [0.05, 0.1) is 7.11 Å². The van der Waals surface area contributed by atoms with Crippen molar-refractivity contribution in [2.45, 2.75) is 25.4 Å². The van der Waals surface area contributed by atoms with E-state index in [0.29, 0.717) is 6.04 Å². The topological polar surface area (TPSA) is 34.1 Å². The van der Waals surface area contributed by atoms with Crippen LogP contribution in [0, 0.1) is 0 Å². The first-order chi connectivity index (χ1) is 9.36. The minimum atomic E-state index is 0.703. The van der Waals surface area contributed by atoms with Crippen LogP contribution in [0.25, 0.3) is 11.1 Å². The highest BCUT2D eigenvalue weighted by Gasteiger charge is 2.20. The van der Waals surface area contributed by atoms with Crippen LogP contribution in [-0.2, 0) is 6.54 Å². The SMILES string of the molecule is COc1ccc(-c2ccncc2)cc1CNC1CC1. The van der Waals surface area contributed by atoms with Gasteiger partial charge in [-0.05, 0) is 48.2 Å². The second-order valence-corrected chi connectivity index (χ2v) is 4.92. The molecule has 0 amide bonds. The lowest BCUT2D eigenvalue weighted by atomic mass is 10.0. The molecule has 1 heterocycles. The van der Waals surface area contributed by atoms with Crippen molar-refractivity contribution >= 4 is 0 Å². The zero-order chi connectivity index (χ0) is 13.1. The number of methoxy groups -OCH3 is 1. The molecule has 0 bridgehead atoms. The molecule has 98 valence electrons. The number of hydrogen-bond acceptors (Lipinski definition) is 3. The Morgan fingerprint density at radius 3 is 2.63 bits per heavy atom. The summed E-state index contributed by atoms with van der Waals surface area (Å²) in [6, 6.07) is 11.1. The molecule has 1 N–H and O–H groups in total. The molecule has 0 saturated heterocycles. The van der Waals surface area contributed by atoms with Gasteiger partial charge in [-0.1, -0.05) is 6.07 Å². The van der Waals surface area contributed by atoms with Gasteiger partial charge in [-0.15, -0.1) is 0 Å². The van der Waals surface area contributed by atoms with Crippen LogP contribution in [0.3, 0.4) is 0 Å². The van der Waals surface area contributed by atoms with Gasteiger partial charge in [0, 0.05) is 30.5 Å². The summed E-state index contributed by atoms with van der Waals surface area (Å²) in [6.07, 6.45) is 6.24. The number of hydrogen-bond donors (Lipinski definition) is 1. The lowest BCUT2D eigenvalue weighted by Gasteiger charge is -2.11. The van der Waals surface area contributed by atoms with Crippen molar-refractivity contribution in [3.8, 4) is 16.9 Å². The molecule has 1 aliphatic rings. The van der Waals surface area contributed by atoms with E-state index in [1.54, 1.807) is 7.11 Å². The Bertz CT molecular complexity index is 550. The van der Waals surface area contributed by atoms with Gasteiger partial charge >= 0.3 is 0 Å². The highest BCUT2D eigenvalue weighted by Crippen LogP contribution is 2.27. The summed E-state index contributed by atoms with van der Waals surface area (Å²) < 4.78 is 5.44. The molecule has 0 atom stereocenters. The van der Waals surface area contributed by atoms with Crippen LogP contribution in [0.15, 0.2) is 42.7 Å². The van der Waals surface area contributed by atoms with E-state index in [1.807, 2.05) is 30.6 Å². The molecule has 1 fully saturated rings. The van der Waals surface area contributed by atoms with Crippen molar-refractivity contribution in [1.29, 1.82) is 0 Å². The normalized spacial score (nSPS) is 14.4. The smallest absolute Gasteiger partial charge is 0.123 e. The Labute approximate surface area is 113 Å². The average molecular weight is 254 g/mol. The lowest BCUT2D eigenvalue weighted by Crippen LogP contribution is -2.15. The number of aromatic nitrogens is 1. The molecule has 0 unspecified atom stereocenters. The maximum absolute atomic E-state index is 5.44. The standard InChI is InChI=1S/C16H18N2O/c1-19-16-5-2-13(12-6-8-17-9-7-12)10-14(16)11-18-15-3-4-15/h2,5-10,15,18H,3-4,11H2,1H3. The minimum absolute atomic E-state index is 0.703. The minimum Gasteiger partial charge on any atom is -0.496 e. The van der Waals surface area contributed by atoms with Crippen LogP contribution in [0.4, 0.5) is 0 Å². The Morgan fingerprint density at radius 1 is 1.16 bits per heavy atom. The Balaban J connectivity index is 1.87. The van der Waals surface area contributed by atoms with Crippen molar-refractivity contribution in [3.63, 3.8) is 0 Å². The van der Waals surface area contributed by atoms with Crippen molar-refractivity contribution in [3.05, 3.63) is 48.3 Å². The lowest BCUT2D eigenvalue weighted by molar-refractivity contribution is 0.407. The van der Waals surface area contributed by atoms with Crippen molar-refractivity contribution < 1.29 is 4.74 Å². The molecule has 1 aromatic carbocycles. The van der Waals surface area contributed by atoms with E-state index in [0.717, 1.165) is 12.3 Å². The molecule has 3 heteroatoms. The first-order valence-electron chi connectivity index (χ1n) is 6.67. The van der Waals surface area contributed by atoms with Crippen LogP contribution in [0.5, 0.6) is 5.75 Å². The van der Waals surface area contributed by atoms with Gasteiger partial charge in [-0.25, -0.2) is 0 Å². The van der Waals surface area contributed by atoms with E-state index in [1.165, 1.54) is 29.5 Å². The molecular weight excluding hydrogens is 236 g/mol. The molecule has 1 saturated carbocycles. The predicted molar refractivity (Wildman–Crippen MR) is 76.1 cm³/mol. The maximum Gasteiger partial charge on any atom is 0.123 e. The van der Waals surface area contributed by atoms with Gasteiger partial charge in [-0.3, -0.25) is 4.98 Å². The van der Waals surface area contributed by atoms with Crippen LogP contribution in [0.2, 0.25) is 0 Å². The second-order valence-electron chi connectivity index (χ2n) is 4.92. The fourth-order valence-corrected chi connectivity index (χ4v) is 2.18. The molecule has 3 rings (SSSR count). The van der Waals surface area contributed by atoms with E-state index in [2.05, 4.69) is 22.4 Å². The first kappa shape index (κ1) is 12.2. The van der Waals surface area contributed by atoms with Crippen LogP contribution < -0.4 is 10.1 Å². The molecule has 1 aromatic heterocycles. The molecular formula is C16H18N2O. The van der Waals surface area contributed by atoms with Crippen LogP contribution >= 0.6 is 0 Å². The number of nitrogens with zero attached hydrogens (tertiary/aromatic N) is 1. The van der Waals surface area contributed by atoms with Crippen molar-refractivity contribution in [2.24, 2.45) is 0 Å². The molecule has 19 heavy (non-hydrogen) atoms. The van der Waals surface area contributed by atoms with E-state index in [-0.39, 0.29) is 0 Å². The monoisotopic (exact) mass is 254 g/mol.